The normalized spacial score (nSPS) is 19.2. The van der Waals surface area contributed by atoms with Gasteiger partial charge in [0.05, 0.1) is 18.1 Å². The molecule has 96 valence electrons. The minimum Gasteiger partial charge on any atom is -0.378 e. The van der Waals surface area contributed by atoms with E-state index in [9.17, 15) is 14.9 Å². The third-order valence-corrected chi connectivity index (χ3v) is 2.60. The highest BCUT2D eigenvalue weighted by molar-refractivity contribution is 5.96. The van der Waals surface area contributed by atoms with Crippen molar-refractivity contribution in [1.82, 2.24) is 5.32 Å². The molecule has 1 aromatic rings. The number of carbonyl (C=O) groups is 1. The topological polar surface area (TPSA) is 93.5 Å². The molecule has 0 spiro atoms. The summed E-state index contributed by atoms with van der Waals surface area (Å²) in [5.41, 5.74) is 0.0717. The number of hydrogen-bond donors (Lipinski definition) is 2. The van der Waals surface area contributed by atoms with Gasteiger partial charge >= 0.3 is 0 Å². The van der Waals surface area contributed by atoms with Crippen molar-refractivity contribution in [3.63, 3.8) is 0 Å². The number of benzene rings is 1. The van der Waals surface area contributed by atoms with Crippen molar-refractivity contribution in [1.29, 1.82) is 0 Å². The van der Waals surface area contributed by atoms with Gasteiger partial charge in [0, 0.05) is 12.6 Å². The number of amides is 1. The van der Waals surface area contributed by atoms with Gasteiger partial charge in [-0.3, -0.25) is 14.9 Å². The fraction of sp³-hybridized carbons (Fsp3) is 0.364. The molecular formula is C11H13N3O4. The molecule has 1 heterocycles. The summed E-state index contributed by atoms with van der Waals surface area (Å²) >= 11 is 0. The van der Waals surface area contributed by atoms with E-state index in [1.54, 1.807) is 12.1 Å². The summed E-state index contributed by atoms with van der Waals surface area (Å²) in [4.78, 5) is 22.1. The molecule has 1 aliphatic rings. The van der Waals surface area contributed by atoms with Gasteiger partial charge < -0.3 is 15.4 Å². The average molecular weight is 251 g/mol. The van der Waals surface area contributed by atoms with Crippen molar-refractivity contribution >= 4 is 17.3 Å². The van der Waals surface area contributed by atoms with Gasteiger partial charge in [-0.2, -0.15) is 0 Å². The first kappa shape index (κ1) is 12.5. The number of morpholine rings is 1. The van der Waals surface area contributed by atoms with Gasteiger partial charge in [0.1, 0.15) is 11.7 Å². The Bertz CT molecular complexity index is 457. The average Bonchev–Trinajstić information content (AvgIpc) is 2.40. The molecule has 0 saturated carbocycles. The van der Waals surface area contributed by atoms with Crippen LogP contribution < -0.4 is 10.6 Å². The third-order valence-electron chi connectivity index (χ3n) is 2.60. The molecule has 0 radical (unpaired) electrons. The fourth-order valence-electron chi connectivity index (χ4n) is 1.69. The zero-order valence-corrected chi connectivity index (χ0v) is 9.59. The number of nitrogens with one attached hydrogen (secondary N) is 2. The van der Waals surface area contributed by atoms with Crippen molar-refractivity contribution < 1.29 is 14.5 Å². The Kier molecular flexibility index (Phi) is 3.85. The lowest BCUT2D eigenvalue weighted by atomic mass is 10.2. The molecule has 18 heavy (non-hydrogen) atoms. The standard InChI is InChI=1S/C11H13N3O4/c15-11(9-7-18-6-5-12-9)13-8-3-1-2-4-10(8)14(16)17/h1-4,9,12H,5-7H2,(H,13,15). The predicted octanol–water partition coefficient (Wildman–Crippen LogP) is 0.522. The van der Waals surface area contributed by atoms with E-state index in [1.807, 2.05) is 0 Å². The minimum absolute atomic E-state index is 0.123. The molecule has 1 aliphatic heterocycles. The van der Waals surface area contributed by atoms with Gasteiger partial charge in [-0.25, -0.2) is 0 Å². The van der Waals surface area contributed by atoms with Crippen LogP contribution >= 0.6 is 0 Å². The zero-order valence-electron chi connectivity index (χ0n) is 9.59. The largest absolute Gasteiger partial charge is 0.378 e. The molecule has 1 saturated heterocycles. The quantitative estimate of drug-likeness (QED) is 0.603. The van der Waals surface area contributed by atoms with E-state index in [0.717, 1.165) is 0 Å². The lowest BCUT2D eigenvalue weighted by Gasteiger charge is -2.22. The Balaban J connectivity index is 2.08. The van der Waals surface area contributed by atoms with Crippen molar-refractivity contribution in [2.24, 2.45) is 0 Å². The Morgan fingerprint density at radius 2 is 2.28 bits per heavy atom. The second kappa shape index (κ2) is 5.56. The highest BCUT2D eigenvalue weighted by Crippen LogP contribution is 2.23. The fourth-order valence-corrected chi connectivity index (χ4v) is 1.69. The van der Waals surface area contributed by atoms with E-state index in [4.69, 9.17) is 4.74 Å². The van der Waals surface area contributed by atoms with Crippen LogP contribution in [0.4, 0.5) is 11.4 Å². The molecule has 1 amide bonds. The van der Waals surface area contributed by atoms with Crippen LogP contribution in [-0.2, 0) is 9.53 Å². The van der Waals surface area contributed by atoms with Crippen LogP contribution in [0, 0.1) is 10.1 Å². The third kappa shape index (κ3) is 2.82. The van der Waals surface area contributed by atoms with E-state index >= 15 is 0 Å². The maximum absolute atomic E-state index is 11.9. The van der Waals surface area contributed by atoms with Gasteiger partial charge in [0.15, 0.2) is 0 Å². The molecule has 2 N–H and O–H groups in total. The first-order valence-corrected chi connectivity index (χ1v) is 5.54. The maximum Gasteiger partial charge on any atom is 0.292 e. The number of carbonyl (C=O) groups excluding carboxylic acids is 1. The SMILES string of the molecule is O=C(Nc1ccccc1[N+](=O)[O-])C1COCCN1. The van der Waals surface area contributed by atoms with Crippen LogP contribution in [0.3, 0.4) is 0 Å². The van der Waals surface area contributed by atoms with Crippen molar-refractivity contribution in [2.45, 2.75) is 6.04 Å². The number of para-hydroxylation sites is 2. The van der Waals surface area contributed by atoms with E-state index in [1.165, 1.54) is 12.1 Å². The number of ether oxygens (including phenoxy) is 1. The monoisotopic (exact) mass is 251 g/mol. The number of nitro benzene ring substituents is 1. The second-order valence-electron chi connectivity index (χ2n) is 3.85. The molecular weight excluding hydrogens is 238 g/mol. The van der Waals surface area contributed by atoms with Gasteiger partial charge in [0.2, 0.25) is 5.91 Å². The first-order valence-electron chi connectivity index (χ1n) is 5.54. The summed E-state index contributed by atoms with van der Waals surface area (Å²) in [5, 5.41) is 16.3. The van der Waals surface area contributed by atoms with Crippen LogP contribution in [0.1, 0.15) is 0 Å². The number of anilines is 1. The molecule has 1 fully saturated rings. The Morgan fingerprint density at radius 1 is 1.50 bits per heavy atom. The first-order chi connectivity index (χ1) is 8.68. The summed E-state index contributed by atoms with van der Waals surface area (Å²) < 4.78 is 5.16. The molecule has 7 nitrogen and oxygen atoms in total. The van der Waals surface area contributed by atoms with E-state index < -0.39 is 11.0 Å². The van der Waals surface area contributed by atoms with E-state index in [2.05, 4.69) is 10.6 Å². The van der Waals surface area contributed by atoms with Crippen molar-refractivity contribution in [2.75, 3.05) is 25.1 Å². The van der Waals surface area contributed by atoms with Crippen LogP contribution in [0.5, 0.6) is 0 Å². The highest BCUT2D eigenvalue weighted by atomic mass is 16.6. The minimum atomic E-state index is -0.527. The Hall–Kier alpha value is -1.99. The van der Waals surface area contributed by atoms with Gasteiger partial charge in [-0.1, -0.05) is 12.1 Å². The summed E-state index contributed by atoms with van der Waals surface area (Å²) in [6.07, 6.45) is 0. The van der Waals surface area contributed by atoms with Gasteiger partial charge in [0.25, 0.3) is 5.69 Å². The summed E-state index contributed by atoms with van der Waals surface area (Å²) in [5.74, 6) is -0.330. The number of rotatable bonds is 3. The zero-order chi connectivity index (χ0) is 13.0. The molecule has 1 unspecified atom stereocenters. The molecule has 1 aromatic carbocycles. The Morgan fingerprint density at radius 3 is 2.94 bits per heavy atom. The lowest BCUT2D eigenvalue weighted by Crippen LogP contribution is -2.48. The summed E-state index contributed by atoms with van der Waals surface area (Å²) in [6, 6.07) is 5.56. The second-order valence-corrected chi connectivity index (χ2v) is 3.85. The van der Waals surface area contributed by atoms with Crippen LogP contribution in [-0.4, -0.2) is 36.6 Å². The van der Waals surface area contributed by atoms with Gasteiger partial charge in [-0.05, 0) is 6.07 Å². The molecule has 0 aromatic heterocycles. The lowest BCUT2D eigenvalue weighted by molar-refractivity contribution is -0.383. The van der Waals surface area contributed by atoms with Crippen LogP contribution in [0.25, 0.3) is 0 Å². The maximum atomic E-state index is 11.9. The van der Waals surface area contributed by atoms with E-state index in [0.29, 0.717) is 13.2 Å². The Labute approximate surface area is 103 Å². The molecule has 0 bridgehead atoms. The summed E-state index contributed by atoms with van der Waals surface area (Å²) in [6.45, 7) is 1.43. The van der Waals surface area contributed by atoms with Crippen molar-refractivity contribution in [3.05, 3.63) is 34.4 Å². The summed E-state index contributed by atoms with van der Waals surface area (Å²) in [7, 11) is 0. The highest BCUT2D eigenvalue weighted by Gasteiger charge is 2.23. The van der Waals surface area contributed by atoms with Crippen LogP contribution in [0.15, 0.2) is 24.3 Å². The van der Waals surface area contributed by atoms with Crippen LogP contribution in [0.2, 0.25) is 0 Å². The molecule has 7 heteroatoms. The smallest absolute Gasteiger partial charge is 0.292 e. The predicted molar refractivity (Wildman–Crippen MR) is 64.3 cm³/mol. The van der Waals surface area contributed by atoms with Crippen molar-refractivity contribution in [3.8, 4) is 0 Å². The molecule has 2 rings (SSSR count). The van der Waals surface area contributed by atoms with Gasteiger partial charge in [-0.15, -0.1) is 0 Å². The number of hydrogen-bond acceptors (Lipinski definition) is 5. The number of nitrogens with zero attached hydrogens (tertiary/aromatic N) is 1. The van der Waals surface area contributed by atoms with E-state index in [-0.39, 0.29) is 23.9 Å². The number of nitro groups is 1. The molecule has 0 aliphatic carbocycles. The molecule has 1 atom stereocenters.